The molecule has 1 N–H and O–H groups in total. The maximum absolute atomic E-state index is 5.29. The molecule has 3 heteroatoms. The Kier molecular flexibility index (Phi) is 4.11. The lowest BCUT2D eigenvalue weighted by atomic mass is 9.86. The monoisotopic (exact) mass is 240 g/mol. The zero-order chi connectivity index (χ0) is 12.5. The summed E-state index contributed by atoms with van der Waals surface area (Å²) >= 11 is 0. The van der Waals surface area contributed by atoms with Crippen LogP contribution in [-0.2, 0) is 4.74 Å². The summed E-state index contributed by atoms with van der Waals surface area (Å²) in [6.45, 7) is 8.21. The molecule has 0 aromatic carbocycles. The molecule has 2 fully saturated rings. The van der Waals surface area contributed by atoms with E-state index in [9.17, 15) is 0 Å². The van der Waals surface area contributed by atoms with Crippen molar-refractivity contribution in [3.63, 3.8) is 0 Å². The van der Waals surface area contributed by atoms with Crippen LogP contribution in [-0.4, -0.2) is 50.8 Å². The summed E-state index contributed by atoms with van der Waals surface area (Å²) in [4.78, 5) is 2.69. The van der Waals surface area contributed by atoms with Crippen molar-refractivity contribution in [2.75, 3.05) is 33.9 Å². The van der Waals surface area contributed by atoms with Crippen LogP contribution in [0.2, 0.25) is 0 Å². The molecule has 0 amide bonds. The summed E-state index contributed by atoms with van der Waals surface area (Å²) in [6, 6.07) is 1.38. The highest BCUT2D eigenvalue weighted by Gasteiger charge is 2.44. The third-order valence-corrected chi connectivity index (χ3v) is 4.81. The van der Waals surface area contributed by atoms with Gasteiger partial charge in [-0.25, -0.2) is 0 Å². The molecule has 100 valence electrons. The van der Waals surface area contributed by atoms with Crippen LogP contribution in [0.15, 0.2) is 0 Å². The summed E-state index contributed by atoms with van der Waals surface area (Å²) in [7, 11) is 3.94. The van der Waals surface area contributed by atoms with Gasteiger partial charge in [0.15, 0.2) is 0 Å². The van der Waals surface area contributed by atoms with Crippen molar-refractivity contribution >= 4 is 0 Å². The molecule has 3 nitrogen and oxygen atoms in total. The number of likely N-dealkylation sites (tertiary alicyclic amines) is 1. The fourth-order valence-corrected chi connectivity index (χ4v) is 3.87. The Morgan fingerprint density at radius 1 is 1.35 bits per heavy atom. The van der Waals surface area contributed by atoms with Crippen LogP contribution >= 0.6 is 0 Å². The van der Waals surface area contributed by atoms with E-state index >= 15 is 0 Å². The number of nitrogens with zero attached hydrogens (tertiary/aromatic N) is 1. The van der Waals surface area contributed by atoms with Gasteiger partial charge in [0.2, 0.25) is 0 Å². The number of hydrogen-bond acceptors (Lipinski definition) is 3. The highest BCUT2D eigenvalue weighted by Crippen LogP contribution is 2.41. The van der Waals surface area contributed by atoms with Gasteiger partial charge >= 0.3 is 0 Å². The van der Waals surface area contributed by atoms with Gasteiger partial charge in [-0.2, -0.15) is 0 Å². The molecule has 17 heavy (non-hydrogen) atoms. The minimum Gasteiger partial charge on any atom is -0.384 e. The van der Waals surface area contributed by atoms with E-state index < -0.39 is 0 Å². The normalized spacial score (nSPS) is 37.8. The van der Waals surface area contributed by atoms with E-state index in [1.165, 1.54) is 32.4 Å². The van der Waals surface area contributed by atoms with Gasteiger partial charge in [-0.3, -0.25) is 4.90 Å². The maximum Gasteiger partial charge on any atom is 0.0503 e. The molecule has 1 saturated carbocycles. The van der Waals surface area contributed by atoms with Crippen LogP contribution in [0.5, 0.6) is 0 Å². The van der Waals surface area contributed by atoms with E-state index in [4.69, 9.17) is 4.74 Å². The van der Waals surface area contributed by atoms with Gasteiger partial charge in [0.05, 0.1) is 6.61 Å². The lowest BCUT2D eigenvalue weighted by Crippen LogP contribution is -2.50. The molecule has 0 radical (unpaired) electrons. The molecule has 3 atom stereocenters. The fourth-order valence-electron chi connectivity index (χ4n) is 3.87. The minimum atomic E-state index is 0.443. The van der Waals surface area contributed by atoms with E-state index in [1.807, 2.05) is 7.11 Å². The second-order valence-electron chi connectivity index (χ2n) is 6.47. The standard InChI is InChI=1S/C14H28N2O/c1-14(2)7-5-12(13(14)15-3)16-8-6-11(9-16)10-17-4/h11-13,15H,5-10H2,1-4H3. The Labute approximate surface area is 106 Å². The average Bonchev–Trinajstić information content (AvgIpc) is 2.82. The molecule has 2 aliphatic rings. The first-order chi connectivity index (χ1) is 8.08. The van der Waals surface area contributed by atoms with Crippen molar-refractivity contribution in [1.29, 1.82) is 0 Å². The smallest absolute Gasteiger partial charge is 0.0503 e. The first-order valence-electron chi connectivity index (χ1n) is 6.98. The zero-order valence-corrected chi connectivity index (χ0v) is 11.8. The van der Waals surface area contributed by atoms with E-state index in [0.29, 0.717) is 11.5 Å². The lowest BCUT2D eigenvalue weighted by molar-refractivity contribution is 0.136. The van der Waals surface area contributed by atoms with Crippen LogP contribution in [0.25, 0.3) is 0 Å². The van der Waals surface area contributed by atoms with Gasteiger partial charge in [-0.15, -0.1) is 0 Å². The molecule has 0 bridgehead atoms. The summed E-state index contributed by atoms with van der Waals surface area (Å²) in [5.74, 6) is 0.751. The van der Waals surface area contributed by atoms with Crippen LogP contribution in [0.4, 0.5) is 0 Å². The Hall–Kier alpha value is -0.120. The first kappa shape index (κ1) is 13.3. The quantitative estimate of drug-likeness (QED) is 0.810. The molecular formula is C14H28N2O. The Bertz CT molecular complexity index is 255. The Morgan fingerprint density at radius 3 is 2.76 bits per heavy atom. The fraction of sp³-hybridized carbons (Fsp3) is 1.00. The van der Waals surface area contributed by atoms with Crippen molar-refractivity contribution in [1.82, 2.24) is 10.2 Å². The summed E-state index contributed by atoms with van der Waals surface area (Å²) in [6.07, 6.45) is 3.99. The average molecular weight is 240 g/mol. The summed E-state index contributed by atoms with van der Waals surface area (Å²) in [5.41, 5.74) is 0.443. The van der Waals surface area contributed by atoms with Crippen molar-refractivity contribution in [2.45, 2.75) is 45.2 Å². The topological polar surface area (TPSA) is 24.5 Å². The molecule has 1 aliphatic carbocycles. The predicted molar refractivity (Wildman–Crippen MR) is 71.2 cm³/mol. The van der Waals surface area contributed by atoms with Gasteiger partial charge in [0.1, 0.15) is 0 Å². The molecule has 0 aromatic heterocycles. The number of hydrogen-bond donors (Lipinski definition) is 1. The maximum atomic E-state index is 5.29. The van der Waals surface area contributed by atoms with Gasteiger partial charge in [-0.05, 0) is 44.2 Å². The van der Waals surface area contributed by atoms with Crippen LogP contribution in [0.3, 0.4) is 0 Å². The first-order valence-corrected chi connectivity index (χ1v) is 6.98. The zero-order valence-electron chi connectivity index (χ0n) is 11.8. The highest BCUT2D eigenvalue weighted by molar-refractivity contribution is 5.01. The molecule has 0 aromatic rings. The van der Waals surface area contributed by atoms with Gasteiger partial charge < -0.3 is 10.1 Å². The van der Waals surface area contributed by atoms with E-state index in [2.05, 4.69) is 31.1 Å². The van der Waals surface area contributed by atoms with Crippen molar-refractivity contribution < 1.29 is 4.74 Å². The molecule has 0 spiro atoms. The largest absolute Gasteiger partial charge is 0.384 e. The van der Waals surface area contributed by atoms with Crippen LogP contribution in [0, 0.1) is 11.3 Å². The second-order valence-corrected chi connectivity index (χ2v) is 6.47. The number of ether oxygens (including phenoxy) is 1. The number of nitrogens with one attached hydrogen (secondary N) is 1. The van der Waals surface area contributed by atoms with Gasteiger partial charge in [0.25, 0.3) is 0 Å². The van der Waals surface area contributed by atoms with Gasteiger partial charge in [-0.1, -0.05) is 13.8 Å². The Balaban J connectivity index is 1.95. The third-order valence-electron chi connectivity index (χ3n) is 4.81. The SMILES string of the molecule is CNC1C(N2CCC(COC)C2)CCC1(C)C. The van der Waals surface area contributed by atoms with Gasteiger partial charge in [0, 0.05) is 25.7 Å². The molecule has 1 aliphatic heterocycles. The van der Waals surface area contributed by atoms with Crippen molar-refractivity contribution in [3.05, 3.63) is 0 Å². The summed E-state index contributed by atoms with van der Waals surface area (Å²) in [5, 5.41) is 3.56. The van der Waals surface area contributed by atoms with Crippen molar-refractivity contribution in [3.8, 4) is 0 Å². The van der Waals surface area contributed by atoms with E-state index in [0.717, 1.165) is 18.6 Å². The summed E-state index contributed by atoms with van der Waals surface area (Å²) < 4.78 is 5.29. The molecule has 2 rings (SSSR count). The Morgan fingerprint density at radius 2 is 2.12 bits per heavy atom. The minimum absolute atomic E-state index is 0.443. The van der Waals surface area contributed by atoms with E-state index in [1.54, 1.807) is 0 Å². The molecular weight excluding hydrogens is 212 g/mol. The number of rotatable bonds is 4. The van der Waals surface area contributed by atoms with Crippen LogP contribution in [0.1, 0.15) is 33.1 Å². The van der Waals surface area contributed by atoms with E-state index in [-0.39, 0.29) is 0 Å². The highest BCUT2D eigenvalue weighted by atomic mass is 16.5. The predicted octanol–water partition coefficient (Wildman–Crippen LogP) is 1.73. The van der Waals surface area contributed by atoms with Crippen LogP contribution < -0.4 is 5.32 Å². The molecule has 1 heterocycles. The second kappa shape index (κ2) is 5.25. The van der Waals surface area contributed by atoms with Crippen molar-refractivity contribution in [2.24, 2.45) is 11.3 Å². The number of likely N-dealkylation sites (N-methyl/N-ethyl adjacent to an activating group) is 1. The molecule has 1 saturated heterocycles. The number of methoxy groups -OCH3 is 1. The lowest BCUT2D eigenvalue weighted by Gasteiger charge is -2.35. The third kappa shape index (κ3) is 2.67. The molecule has 3 unspecified atom stereocenters.